The molecule has 8 nitrogen and oxygen atoms in total. The maximum Gasteiger partial charge on any atom is 0.169 e. The van der Waals surface area contributed by atoms with Gasteiger partial charge in [0.2, 0.25) is 0 Å². The predicted molar refractivity (Wildman–Crippen MR) is 150 cm³/mol. The zero-order valence-corrected chi connectivity index (χ0v) is 25.3. The molecule has 0 N–H and O–H groups in total. The van der Waals surface area contributed by atoms with Gasteiger partial charge in [0.25, 0.3) is 0 Å². The fraction of sp³-hybridized carbons (Fsp3) is 0.643. The quantitative estimate of drug-likeness (QED) is 0.169. The molecule has 2 heterocycles. The molecule has 0 spiro atoms. The lowest BCUT2D eigenvalue weighted by Crippen LogP contribution is -2.33. The van der Waals surface area contributed by atoms with Crippen LogP contribution < -0.4 is 9.13 Å². The van der Waals surface area contributed by atoms with Crippen LogP contribution in [0.15, 0.2) is 49.1 Å². The van der Waals surface area contributed by atoms with Crippen molar-refractivity contribution in [2.45, 2.75) is 104 Å². The fourth-order valence-corrected chi connectivity index (χ4v) is 3.75. The molecule has 0 radical (unpaired) electrons. The number of hydrogen-bond acceptors (Lipinski definition) is 6. The van der Waals surface area contributed by atoms with Gasteiger partial charge in [-0.1, -0.05) is 65.2 Å². The number of rotatable bonds is 15. The number of hydrogen-bond donors (Lipinski definition) is 0. The van der Waals surface area contributed by atoms with Crippen molar-refractivity contribution in [1.82, 2.24) is 0 Å². The molecule has 0 aliphatic carbocycles. The van der Waals surface area contributed by atoms with E-state index in [9.17, 15) is 0 Å². The SMILES string of the molecule is CCCCCCCC[n+]1ccc(-c2cc[n+](CCCCCCCC)cc2)cc1.CS(=O)(=O)[O-].CS(=O)(=O)[O-]. The van der Waals surface area contributed by atoms with Gasteiger partial charge in [-0.05, 0) is 24.0 Å². The lowest BCUT2D eigenvalue weighted by Gasteiger charge is -2.02. The Morgan fingerprint density at radius 1 is 0.526 bits per heavy atom. The molecule has 0 atom stereocenters. The molecule has 10 heteroatoms. The van der Waals surface area contributed by atoms with Gasteiger partial charge in [0.15, 0.2) is 24.8 Å². The van der Waals surface area contributed by atoms with Crippen LogP contribution in [-0.2, 0) is 33.3 Å². The molecular weight excluding hydrogens is 524 g/mol. The van der Waals surface area contributed by atoms with E-state index in [4.69, 9.17) is 25.9 Å². The second-order valence-electron chi connectivity index (χ2n) is 9.59. The molecule has 38 heavy (non-hydrogen) atoms. The maximum absolute atomic E-state index is 9.08. The number of aryl methyl sites for hydroxylation is 2. The van der Waals surface area contributed by atoms with E-state index in [1.165, 1.54) is 88.2 Å². The molecule has 0 bridgehead atoms. The topological polar surface area (TPSA) is 122 Å². The molecule has 0 aromatic carbocycles. The number of nitrogens with zero attached hydrogens (tertiary/aromatic N) is 2. The Morgan fingerprint density at radius 3 is 1.03 bits per heavy atom. The Bertz CT molecular complexity index is 952. The molecule has 0 aliphatic rings. The summed E-state index contributed by atoms with van der Waals surface area (Å²) in [6.45, 7) is 6.83. The van der Waals surface area contributed by atoms with Crippen molar-refractivity contribution in [3.63, 3.8) is 0 Å². The highest BCUT2D eigenvalue weighted by Gasteiger charge is 2.06. The smallest absolute Gasteiger partial charge is 0.169 e. The standard InChI is InChI=1S/C26H42N2.2CH4O3S/c1-3-5-7-9-11-13-19-27-21-15-25(16-22-27)26-17-23-28(24-18-26)20-14-12-10-8-6-4-2;2*1-5(2,3)4/h15-18,21-24H,3-14,19-20H2,1-2H3;2*1H3,(H,2,3,4)/q+2;;/p-2. The summed E-state index contributed by atoms with van der Waals surface area (Å²) >= 11 is 0. The Kier molecular flexibility index (Phi) is 20.0. The first-order valence-corrected chi connectivity index (χ1v) is 17.3. The van der Waals surface area contributed by atoms with Crippen LogP contribution in [0.1, 0.15) is 90.9 Å². The minimum Gasteiger partial charge on any atom is -0.748 e. The molecular formula is C28H48N2O6S2. The molecule has 0 unspecified atom stereocenters. The molecule has 2 aromatic rings. The maximum atomic E-state index is 9.08. The van der Waals surface area contributed by atoms with Crippen LogP contribution in [0.3, 0.4) is 0 Å². The van der Waals surface area contributed by atoms with E-state index in [-0.39, 0.29) is 0 Å². The fourth-order valence-electron chi connectivity index (χ4n) is 3.75. The normalized spacial score (nSPS) is 11.2. The van der Waals surface area contributed by atoms with Crippen LogP contribution in [0, 0.1) is 0 Å². The molecule has 218 valence electrons. The number of unbranched alkanes of at least 4 members (excludes halogenated alkanes) is 10. The largest absolute Gasteiger partial charge is 0.748 e. The zero-order chi connectivity index (χ0) is 28.9. The minimum absolute atomic E-state index is 0.604. The second kappa shape index (κ2) is 21.0. The predicted octanol–water partition coefficient (Wildman–Crippen LogP) is 4.97. The summed E-state index contributed by atoms with van der Waals surface area (Å²) in [4.78, 5) is 0. The summed E-state index contributed by atoms with van der Waals surface area (Å²) in [6, 6.07) is 9.02. The van der Waals surface area contributed by atoms with E-state index >= 15 is 0 Å². The van der Waals surface area contributed by atoms with Gasteiger partial charge in [0, 0.05) is 49.6 Å². The Labute approximate surface area is 231 Å². The highest BCUT2D eigenvalue weighted by molar-refractivity contribution is 7.85. The third kappa shape index (κ3) is 25.8. The van der Waals surface area contributed by atoms with Crippen molar-refractivity contribution in [2.75, 3.05) is 12.5 Å². The summed E-state index contributed by atoms with van der Waals surface area (Å²) in [6.07, 6.45) is 26.4. The van der Waals surface area contributed by atoms with E-state index in [0.29, 0.717) is 12.5 Å². The molecule has 0 aliphatic heterocycles. The zero-order valence-electron chi connectivity index (χ0n) is 23.7. The summed E-state index contributed by atoms with van der Waals surface area (Å²) in [5, 5.41) is 0. The van der Waals surface area contributed by atoms with Gasteiger partial charge in [-0.15, -0.1) is 0 Å². The third-order valence-electron chi connectivity index (χ3n) is 5.66. The van der Waals surface area contributed by atoms with Gasteiger partial charge in [0.05, 0.1) is 20.2 Å². The van der Waals surface area contributed by atoms with Crippen LogP contribution in [0.25, 0.3) is 11.1 Å². The van der Waals surface area contributed by atoms with Crippen molar-refractivity contribution in [2.24, 2.45) is 0 Å². The molecule has 2 rings (SSSR count). The first kappa shape index (κ1) is 36.1. The third-order valence-corrected chi connectivity index (χ3v) is 5.66. The van der Waals surface area contributed by atoms with Gasteiger partial charge < -0.3 is 9.11 Å². The van der Waals surface area contributed by atoms with Crippen molar-refractivity contribution in [3.8, 4) is 11.1 Å². The lowest BCUT2D eigenvalue weighted by atomic mass is 10.1. The minimum atomic E-state index is -3.92. The van der Waals surface area contributed by atoms with Gasteiger partial charge in [-0.3, -0.25) is 0 Å². The van der Waals surface area contributed by atoms with Crippen molar-refractivity contribution in [3.05, 3.63) is 49.1 Å². The highest BCUT2D eigenvalue weighted by Crippen LogP contribution is 2.16. The van der Waals surface area contributed by atoms with Gasteiger partial charge in [-0.2, -0.15) is 0 Å². The molecule has 0 saturated carbocycles. The van der Waals surface area contributed by atoms with E-state index in [1.807, 2.05) is 0 Å². The van der Waals surface area contributed by atoms with Crippen molar-refractivity contribution >= 4 is 20.2 Å². The molecule has 0 fully saturated rings. The van der Waals surface area contributed by atoms with Gasteiger partial charge in [-0.25, -0.2) is 26.0 Å². The summed E-state index contributed by atoms with van der Waals surface area (Å²) in [7, 11) is -7.83. The van der Waals surface area contributed by atoms with Crippen molar-refractivity contribution in [1.29, 1.82) is 0 Å². The Morgan fingerprint density at radius 2 is 0.763 bits per heavy atom. The summed E-state index contributed by atoms with van der Waals surface area (Å²) < 4.78 is 59.1. The average molecular weight is 573 g/mol. The molecule has 2 aromatic heterocycles. The molecule has 0 amide bonds. The monoisotopic (exact) mass is 572 g/mol. The number of aromatic nitrogens is 2. The average Bonchev–Trinajstić information content (AvgIpc) is 2.82. The first-order chi connectivity index (χ1) is 17.8. The summed E-state index contributed by atoms with van der Waals surface area (Å²) in [5.41, 5.74) is 2.62. The Hall–Kier alpha value is -1.88. The van der Waals surface area contributed by atoms with Crippen LogP contribution in [0.4, 0.5) is 0 Å². The number of pyridine rings is 2. The first-order valence-electron chi connectivity index (χ1n) is 13.6. The van der Waals surface area contributed by atoms with E-state index in [1.54, 1.807) is 0 Å². The van der Waals surface area contributed by atoms with Crippen LogP contribution in [0.2, 0.25) is 0 Å². The van der Waals surface area contributed by atoms with Crippen LogP contribution in [0.5, 0.6) is 0 Å². The van der Waals surface area contributed by atoms with E-state index < -0.39 is 20.2 Å². The second-order valence-corrected chi connectivity index (χ2v) is 12.4. The Balaban J connectivity index is 0.00000116. The van der Waals surface area contributed by atoms with Gasteiger partial charge >= 0.3 is 0 Å². The van der Waals surface area contributed by atoms with Crippen molar-refractivity contribution < 1.29 is 35.1 Å². The van der Waals surface area contributed by atoms with E-state index in [2.05, 4.69) is 72.0 Å². The van der Waals surface area contributed by atoms with Gasteiger partial charge in [0.1, 0.15) is 13.1 Å². The van der Waals surface area contributed by atoms with E-state index in [0.717, 1.165) is 13.1 Å². The summed E-state index contributed by atoms with van der Waals surface area (Å²) in [5.74, 6) is 0. The highest BCUT2D eigenvalue weighted by atomic mass is 32.2. The van der Waals surface area contributed by atoms with Crippen LogP contribution >= 0.6 is 0 Å². The van der Waals surface area contributed by atoms with Crippen LogP contribution in [-0.4, -0.2) is 38.5 Å². The lowest BCUT2D eigenvalue weighted by molar-refractivity contribution is -0.697. The molecule has 0 saturated heterocycles.